The molecule has 0 unspecified atom stereocenters. The van der Waals surface area contributed by atoms with Gasteiger partial charge in [-0.15, -0.1) is 0 Å². The maximum absolute atomic E-state index is 13.3. The first-order valence-electron chi connectivity index (χ1n) is 6.37. The number of nitrogen functional groups attached to an aromatic ring is 1. The van der Waals surface area contributed by atoms with Crippen LogP contribution in [0.2, 0.25) is 0 Å². The molecule has 0 aliphatic carbocycles. The highest BCUT2D eigenvalue weighted by atomic mass is 19.1. The van der Waals surface area contributed by atoms with Gasteiger partial charge >= 0.3 is 0 Å². The fourth-order valence-electron chi connectivity index (χ4n) is 1.83. The second kappa shape index (κ2) is 6.98. The monoisotopic (exact) mass is 298 g/mol. The van der Waals surface area contributed by atoms with Crippen LogP contribution in [-0.4, -0.2) is 54.9 Å². The Morgan fingerprint density at radius 3 is 2.48 bits per heavy atom. The summed E-state index contributed by atoms with van der Waals surface area (Å²) in [5, 5.41) is 10.9. The van der Waals surface area contributed by atoms with Gasteiger partial charge in [-0.05, 0) is 33.1 Å². The molecule has 0 aliphatic heterocycles. The summed E-state index contributed by atoms with van der Waals surface area (Å²) in [6.45, 7) is 1.22. The van der Waals surface area contributed by atoms with Crippen LogP contribution >= 0.6 is 0 Å². The summed E-state index contributed by atoms with van der Waals surface area (Å²) in [5.74, 6) is -1.46. The molecule has 0 saturated heterocycles. The van der Waals surface area contributed by atoms with E-state index in [1.807, 2.05) is 19.0 Å². The highest BCUT2D eigenvalue weighted by Gasteiger charge is 2.25. The van der Waals surface area contributed by atoms with Gasteiger partial charge in [0.2, 0.25) is 0 Å². The maximum atomic E-state index is 13.3. The zero-order valence-electron chi connectivity index (χ0n) is 12.3. The van der Waals surface area contributed by atoms with Gasteiger partial charge in [-0.1, -0.05) is 0 Å². The van der Waals surface area contributed by atoms with Gasteiger partial charge in [-0.2, -0.15) is 0 Å². The maximum Gasteiger partial charge on any atom is 0.285 e. The molecular formula is C13H19FN4O3. The topological polar surface area (TPSA) is 92.7 Å². The lowest BCUT2D eigenvalue weighted by Crippen LogP contribution is -2.30. The molecule has 7 nitrogen and oxygen atoms in total. The second-order valence-corrected chi connectivity index (χ2v) is 5.03. The van der Waals surface area contributed by atoms with E-state index in [9.17, 15) is 19.3 Å². The molecule has 0 spiro atoms. The van der Waals surface area contributed by atoms with Crippen molar-refractivity contribution in [2.75, 3.05) is 40.0 Å². The predicted molar refractivity (Wildman–Crippen MR) is 77.6 cm³/mol. The highest BCUT2D eigenvalue weighted by Crippen LogP contribution is 2.25. The van der Waals surface area contributed by atoms with Gasteiger partial charge in [0, 0.05) is 13.6 Å². The lowest BCUT2D eigenvalue weighted by Gasteiger charge is -2.18. The zero-order chi connectivity index (χ0) is 16.2. The van der Waals surface area contributed by atoms with Crippen LogP contribution in [0.1, 0.15) is 16.8 Å². The van der Waals surface area contributed by atoms with Crippen LogP contribution in [0.5, 0.6) is 0 Å². The predicted octanol–water partition coefficient (Wildman–Crippen LogP) is 1.34. The molecule has 0 heterocycles. The van der Waals surface area contributed by atoms with E-state index >= 15 is 0 Å². The van der Waals surface area contributed by atoms with Crippen molar-refractivity contribution in [2.24, 2.45) is 0 Å². The second-order valence-electron chi connectivity index (χ2n) is 5.03. The molecule has 0 aromatic heterocycles. The summed E-state index contributed by atoms with van der Waals surface area (Å²) < 4.78 is 13.3. The largest absolute Gasteiger partial charge is 0.396 e. The van der Waals surface area contributed by atoms with Crippen molar-refractivity contribution in [1.82, 2.24) is 9.80 Å². The molecule has 116 valence electrons. The van der Waals surface area contributed by atoms with E-state index in [0.717, 1.165) is 19.0 Å². The van der Waals surface area contributed by atoms with E-state index in [4.69, 9.17) is 5.73 Å². The van der Waals surface area contributed by atoms with Gasteiger partial charge < -0.3 is 15.5 Å². The molecule has 0 saturated carbocycles. The fourth-order valence-corrected chi connectivity index (χ4v) is 1.83. The number of nitrogens with zero attached hydrogens (tertiary/aromatic N) is 3. The van der Waals surface area contributed by atoms with E-state index < -0.39 is 22.3 Å². The molecule has 2 N–H and O–H groups in total. The Bertz CT molecular complexity index is 548. The Balaban J connectivity index is 2.95. The van der Waals surface area contributed by atoms with E-state index in [-0.39, 0.29) is 11.3 Å². The van der Waals surface area contributed by atoms with Gasteiger partial charge in [0.15, 0.2) is 5.82 Å². The van der Waals surface area contributed by atoms with Crippen molar-refractivity contribution in [3.05, 3.63) is 33.6 Å². The summed E-state index contributed by atoms with van der Waals surface area (Å²) in [5.41, 5.74) is 4.33. The van der Waals surface area contributed by atoms with Crippen molar-refractivity contribution < 1.29 is 14.1 Å². The molecule has 0 aliphatic rings. The molecule has 8 heteroatoms. The number of anilines is 1. The summed E-state index contributed by atoms with van der Waals surface area (Å²) >= 11 is 0. The van der Waals surface area contributed by atoms with Crippen molar-refractivity contribution in [2.45, 2.75) is 6.42 Å². The number of nitro groups is 1. The van der Waals surface area contributed by atoms with Gasteiger partial charge in [-0.3, -0.25) is 14.9 Å². The number of halogens is 1. The first-order valence-corrected chi connectivity index (χ1v) is 6.37. The van der Waals surface area contributed by atoms with Crippen LogP contribution in [-0.2, 0) is 0 Å². The van der Waals surface area contributed by atoms with Crippen molar-refractivity contribution in [3.8, 4) is 0 Å². The lowest BCUT2D eigenvalue weighted by atomic mass is 10.1. The molecule has 1 aromatic carbocycles. The zero-order valence-corrected chi connectivity index (χ0v) is 12.3. The molecule has 1 aromatic rings. The minimum atomic E-state index is -0.909. The Morgan fingerprint density at radius 1 is 1.33 bits per heavy atom. The summed E-state index contributed by atoms with van der Waals surface area (Å²) in [7, 11) is 5.36. The SMILES string of the molecule is CN(C)CCCN(C)C(=O)c1cc(N)c(F)cc1[N+](=O)[O-]. The Labute approximate surface area is 122 Å². The summed E-state index contributed by atoms with van der Waals surface area (Å²) in [6.07, 6.45) is 0.722. The molecule has 1 rings (SSSR count). The van der Waals surface area contributed by atoms with Crippen molar-refractivity contribution in [1.29, 1.82) is 0 Å². The number of nitrogens with two attached hydrogens (primary N) is 1. The Kier molecular flexibility index (Phi) is 5.60. The minimum Gasteiger partial charge on any atom is -0.396 e. The van der Waals surface area contributed by atoms with Gasteiger partial charge in [0.05, 0.1) is 16.7 Å². The average Bonchev–Trinajstić information content (AvgIpc) is 2.39. The number of hydrogen-bond acceptors (Lipinski definition) is 5. The van der Waals surface area contributed by atoms with Gasteiger partial charge in [0.25, 0.3) is 11.6 Å². The highest BCUT2D eigenvalue weighted by molar-refractivity contribution is 5.98. The van der Waals surface area contributed by atoms with Crippen LogP contribution in [0.4, 0.5) is 15.8 Å². The minimum absolute atomic E-state index is 0.203. The fraction of sp³-hybridized carbons (Fsp3) is 0.462. The van der Waals surface area contributed by atoms with Crippen LogP contribution in [0.25, 0.3) is 0 Å². The smallest absolute Gasteiger partial charge is 0.285 e. The summed E-state index contributed by atoms with van der Waals surface area (Å²) in [6, 6.07) is 1.69. The number of carbonyl (C=O) groups is 1. The lowest BCUT2D eigenvalue weighted by molar-refractivity contribution is -0.385. The number of carbonyl (C=O) groups excluding carboxylic acids is 1. The third-order valence-electron chi connectivity index (χ3n) is 2.99. The van der Waals surface area contributed by atoms with Crippen LogP contribution in [0.3, 0.4) is 0 Å². The number of amides is 1. The van der Waals surface area contributed by atoms with Gasteiger partial charge in [0.1, 0.15) is 5.56 Å². The van der Waals surface area contributed by atoms with Crippen molar-refractivity contribution in [3.63, 3.8) is 0 Å². The average molecular weight is 298 g/mol. The van der Waals surface area contributed by atoms with E-state index in [2.05, 4.69) is 0 Å². The molecule has 0 atom stereocenters. The first-order chi connectivity index (χ1) is 9.73. The van der Waals surface area contributed by atoms with E-state index in [0.29, 0.717) is 12.6 Å². The van der Waals surface area contributed by atoms with Gasteiger partial charge in [-0.25, -0.2) is 4.39 Å². The van der Waals surface area contributed by atoms with Crippen LogP contribution < -0.4 is 5.73 Å². The Hall–Kier alpha value is -2.22. The van der Waals surface area contributed by atoms with Crippen LogP contribution in [0, 0.1) is 15.9 Å². The standard InChI is InChI=1S/C13H19FN4O3/c1-16(2)5-4-6-17(3)13(19)9-7-11(15)10(14)8-12(9)18(20)21/h7-8H,4-6,15H2,1-3H3. The molecule has 21 heavy (non-hydrogen) atoms. The quantitative estimate of drug-likeness (QED) is 0.486. The molecule has 1 amide bonds. The molecule has 0 bridgehead atoms. The molecular weight excluding hydrogens is 279 g/mol. The normalized spacial score (nSPS) is 10.7. The number of nitro benzene ring substituents is 1. The number of rotatable bonds is 6. The third-order valence-corrected chi connectivity index (χ3v) is 2.99. The van der Waals surface area contributed by atoms with E-state index in [1.54, 1.807) is 7.05 Å². The number of hydrogen-bond donors (Lipinski definition) is 1. The first kappa shape index (κ1) is 16.8. The van der Waals surface area contributed by atoms with Crippen LogP contribution in [0.15, 0.2) is 12.1 Å². The summed E-state index contributed by atoms with van der Waals surface area (Å²) in [4.78, 5) is 25.7. The molecule has 0 radical (unpaired) electrons. The number of benzene rings is 1. The Morgan fingerprint density at radius 2 is 1.95 bits per heavy atom. The third kappa shape index (κ3) is 4.38. The van der Waals surface area contributed by atoms with Crippen molar-refractivity contribution >= 4 is 17.3 Å². The van der Waals surface area contributed by atoms with E-state index in [1.165, 1.54) is 4.90 Å². The molecule has 0 fully saturated rings.